The standard InChI is InChI=1S/C14H15F3N4O2/c15-14(16,17)13(23)4-7-20(8-5-13)12(22)19-11-3-1-2-10-18-6-9-21(10)11/h1-3,6,9,23H,4-5,7-8H2,(H,19,22). The van der Waals surface area contributed by atoms with Crippen LogP contribution < -0.4 is 5.32 Å². The molecule has 2 aromatic heterocycles. The van der Waals surface area contributed by atoms with E-state index in [4.69, 9.17) is 0 Å². The van der Waals surface area contributed by atoms with Crippen molar-refractivity contribution in [3.8, 4) is 0 Å². The number of halogens is 3. The quantitative estimate of drug-likeness (QED) is 0.844. The van der Waals surface area contributed by atoms with Gasteiger partial charge in [0.25, 0.3) is 0 Å². The van der Waals surface area contributed by atoms with Gasteiger partial charge in [0.2, 0.25) is 0 Å². The van der Waals surface area contributed by atoms with Gasteiger partial charge in [0.1, 0.15) is 11.5 Å². The van der Waals surface area contributed by atoms with Crippen molar-refractivity contribution in [2.24, 2.45) is 0 Å². The van der Waals surface area contributed by atoms with Gasteiger partial charge in [-0.3, -0.25) is 9.72 Å². The summed E-state index contributed by atoms with van der Waals surface area (Å²) in [6.07, 6.45) is -2.49. The van der Waals surface area contributed by atoms with Crippen LogP contribution in [0.15, 0.2) is 30.6 Å². The van der Waals surface area contributed by atoms with Gasteiger partial charge in [0, 0.05) is 38.3 Å². The first-order chi connectivity index (χ1) is 10.8. The molecule has 0 bridgehead atoms. The molecule has 3 heterocycles. The second-order valence-electron chi connectivity index (χ2n) is 5.51. The van der Waals surface area contributed by atoms with Gasteiger partial charge >= 0.3 is 12.2 Å². The van der Waals surface area contributed by atoms with Crippen LogP contribution in [0.25, 0.3) is 5.65 Å². The number of fused-ring (bicyclic) bond motifs is 1. The van der Waals surface area contributed by atoms with Gasteiger partial charge < -0.3 is 10.0 Å². The molecule has 3 rings (SSSR count). The lowest BCUT2D eigenvalue weighted by Crippen LogP contribution is -2.55. The molecule has 0 aromatic carbocycles. The van der Waals surface area contributed by atoms with E-state index in [0.717, 1.165) is 0 Å². The van der Waals surface area contributed by atoms with Gasteiger partial charge in [-0.1, -0.05) is 6.07 Å². The minimum atomic E-state index is -4.68. The number of amides is 2. The highest BCUT2D eigenvalue weighted by molar-refractivity contribution is 5.88. The molecule has 2 amide bonds. The second kappa shape index (κ2) is 5.41. The number of imidazole rings is 1. The first-order valence-electron chi connectivity index (χ1n) is 7.07. The van der Waals surface area contributed by atoms with Crippen LogP contribution in [0.1, 0.15) is 12.8 Å². The van der Waals surface area contributed by atoms with Gasteiger partial charge in [0.05, 0.1) is 0 Å². The van der Waals surface area contributed by atoms with Crippen molar-refractivity contribution in [2.75, 3.05) is 18.4 Å². The molecular weight excluding hydrogens is 313 g/mol. The number of piperidine rings is 1. The Bertz CT molecular complexity index is 720. The van der Waals surface area contributed by atoms with E-state index in [1.807, 2.05) is 0 Å². The monoisotopic (exact) mass is 328 g/mol. The molecule has 1 saturated heterocycles. The second-order valence-corrected chi connectivity index (χ2v) is 5.51. The minimum Gasteiger partial charge on any atom is -0.380 e. The molecule has 2 N–H and O–H groups in total. The summed E-state index contributed by atoms with van der Waals surface area (Å²) in [7, 11) is 0. The van der Waals surface area contributed by atoms with E-state index in [0.29, 0.717) is 11.5 Å². The number of rotatable bonds is 1. The fraction of sp³-hybridized carbons (Fsp3) is 0.429. The molecule has 2 aromatic rings. The number of likely N-dealkylation sites (tertiary alicyclic amines) is 1. The molecule has 124 valence electrons. The van der Waals surface area contributed by atoms with Crippen LogP contribution in [0.3, 0.4) is 0 Å². The molecule has 9 heteroatoms. The third-order valence-corrected chi connectivity index (χ3v) is 4.07. The van der Waals surface area contributed by atoms with Crippen molar-refractivity contribution in [3.63, 3.8) is 0 Å². The molecule has 0 atom stereocenters. The number of alkyl halides is 3. The van der Waals surface area contributed by atoms with Crippen molar-refractivity contribution in [3.05, 3.63) is 30.6 Å². The Labute approximate surface area is 129 Å². The zero-order valence-electron chi connectivity index (χ0n) is 12.0. The number of aliphatic hydroxyl groups is 1. The first-order valence-corrected chi connectivity index (χ1v) is 7.07. The largest absolute Gasteiger partial charge is 0.417 e. The van der Waals surface area contributed by atoms with E-state index in [1.54, 1.807) is 35.0 Å². The smallest absolute Gasteiger partial charge is 0.380 e. The van der Waals surface area contributed by atoms with E-state index in [9.17, 15) is 23.1 Å². The molecule has 0 aliphatic carbocycles. The molecule has 1 fully saturated rings. The molecule has 0 radical (unpaired) electrons. The highest BCUT2D eigenvalue weighted by atomic mass is 19.4. The van der Waals surface area contributed by atoms with Crippen LogP contribution in [-0.2, 0) is 0 Å². The Morgan fingerprint density at radius 3 is 2.65 bits per heavy atom. The molecule has 1 aliphatic heterocycles. The lowest BCUT2D eigenvalue weighted by atomic mass is 9.91. The van der Waals surface area contributed by atoms with Crippen LogP contribution in [0.2, 0.25) is 0 Å². The molecule has 23 heavy (non-hydrogen) atoms. The number of anilines is 1. The highest BCUT2D eigenvalue weighted by Gasteiger charge is 2.54. The zero-order chi connectivity index (χ0) is 16.7. The van der Waals surface area contributed by atoms with E-state index in [2.05, 4.69) is 10.3 Å². The number of pyridine rings is 1. The topological polar surface area (TPSA) is 69.9 Å². The van der Waals surface area contributed by atoms with Crippen LogP contribution in [0.4, 0.5) is 23.8 Å². The number of nitrogens with zero attached hydrogens (tertiary/aromatic N) is 3. The average Bonchev–Trinajstić information content (AvgIpc) is 2.96. The van der Waals surface area contributed by atoms with E-state index < -0.39 is 30.7 Å². The third-order valence-electron chi connectivity index (χ3n) is 4.07. The lowest BCUT2D eigenvalue weighted by molar-refractivity contribution is -0.271. The number of carbonyl (C=O) groups excluding carboxylic acids is 1. The van der Waals surface area contributed by atoms with Gasteiger partial charge in [-0.2, -0.15) is 13.2 Å². The Hall–Kier alpha value is -2.29. The van der Waals surface area contributed by atoms with Crippen molar-refractivity contribution in [1.29, 1.82) is 0 Å². The van der Waals surface area contributed by atoms with Gasteiger partial charge in [-0.25, -0.2) is 9.78 Å². The summed E-state index contributed by atoms with van der Waals surface area (Å²) in [5, 5.41) is 12.3. The number of aromatic nitrogens is 2. The summed E-state index contributed by atoms with van der Waals surface area (Å²) in [5.74, 6) is 0.474. The summed E-state index contributed by atoms with van der Waals surface area (Å²) in [5.41, 5.74) is -2.07. The van der Waals surface area contributed by atoms with Gasteiger partial charge in [-0.15, -0.1) is 0 Å². The normalized spacial score (nSPS) is 18.2. The predicted molar refractivity (Wildman–Crippen MR) is 76.0 cm³/mol. The van der Waals surface area contributed by atoms with E-state index >= 15 is 0 Å². The molecule has 0 saturated carbocycles. The Morgan fingerprint density at radius 2 is 2.00 bits per heavy atom. The summed E-state index contributed by atoms with van der Waals surface area (Å²) in [6.45, 7) is -0.330. The number of urea groups is 1. The van der Waals surface area contributed by atoms with Crippen molar-refractivity contribution >= 4 is 17.5 Å². The predicted octanol–water partition coefficient (Wildman–Crippen LogP) is 2.26. The highest BCUT2D eigenvalue weighted by Crippen LogP contribution is 2.38. The first kappa shape index (κ1) is 15.6. The van der Waals surface area contributed by atoms with Crippen LogP contribution in [0.5, 0.6) is 0 Å². The Morgan fingerprint density at radius 1 is 1.30 bits per heavy atom. The third kappa shape index (κ3) is 2.83. The Kier molecular flexibility index (Phi) is 3.67. The number of hydrogen-bond donors (Lipinski definition) is 2. The SMILES string of the molecule is O=C(Nc1cccc2nccn12)N1CCC(O)(C(F)(F)F)CC1. The lowest BCUT2D eigenvalue weighted by Gasteiger charge is -2.38. The summed E-state index contributed by atoms with van der Waals surface area (Å²) in [6, 6.07) is 4.65. The maximum absolute atomic E-state index is 12.8. The van der Waals surface area contributed by atoms with Gasteiger partial charge in [-0.05, 0) is 12.1 Å². The van der Waals surface area contributed by atoms with E-state index in [-0.39, 0.29) is 13.1 Å². The number of hydrogen-bond acceptors (Lipinski definition) is 3. The molecular formula is C14H15F3N4O2. The van der Waals surface area contributed by atoms with Crippen LogP contribution in [-0.4, -0.2) is 50.3 Å². The van der Waals surface area contributed by atoms with Gasteiger partial charge in [0.15, 0.2) is 5.60 Å². The van der Waals surface area contributed by atoms with Crippen molar-refractivity contribution in [2.45, 2.75) is 24.6 Å². The van der Waals surface area contributed by atoms with E-state index in [1.165, 1.54) is 4.90 Å². The summed E-state index contributed by atoms with van der Waals surface area (Å²) >= 11 is 0. The molecule has 6 nitrogen and oxygen atoms in total. The zero-order valence-corrected chi connectivity index (χ0v) is 12.0. The maximum atomic E-state index is 12.8. The van der Waals surface area contributed by atoms with Crippen molar-refractivity contribution in [1.82, 2.24) is 14.3 Å². The maximum Gasteiger partial charge on any atom is 0.417 e. The minimum absolute atomic E-state index is 0.165. The summed E-state index contributed by atoms with van der Waals surface area (Å²) in [4.78, 5) is 17.6. The fourth-order valence-electron chi connectivity index (χ4n) is 2.60. The number of carbonyl (C=O) groups is 1. The Balaban J connectivity index is 1.68. The van der Waals surface area contributed by atoms with Crippen LogP contribution in [0, 0.1) is 0 Å². The number of nitrogens with one attached hydrogen (secondary N) is 1. The summed E-state index contributed by atoms with van der Waals surface area (Å²) < 4.78 is 39.9. The molecule has 0 unspecified atom stereocenters. The van der Waals surface area contributed by atoms with Crippen molar-refractivity contribution < 1.29 is 23.1 Å². The average molecular weight is 328 g/mol. The molecule has 0 spiro atoms. The fourth-order valence-corrected chi connectivity index (χ4v) is 2.60. The molecule has 1 aliphatic rings. The van der Waals surface area contributed by atoms with Crippen LogP contribution >= 0.6 is 0 Å².